The Morgan fingerprint density at radius 1 is 0.957 bits per heavy atom. The van der Waals surface area contributed by atoms with Gasteiger partial charge in [0.1, 0.15) is 11.6 Å². The van der Waals surface area contributed by atoms with Gasteiger partial charge in [-0.25, -0.2) is 4.39 Å². The van der Waals surface area contributed by atoms with Crippen LogP contribution < -0.4 is 15.0 Å². The highest BCUT2D eigenvalue weighted by molar-refractivity contribution is 5.50. The average Bonchev–Trinajstić information content (AvgIpc) is 2.59. The van der Waals surface area contributed by atoms with Crippen LogP contribution in [0.1, 0.15) is 25.0 Å². The van der Waals surface area contributed by atoms with Crippen molar-refractivity contribution in [3.05, 3.63) is 59.4 Å². The van der Waals surface area contributed by atoms with Crippen molar-refractivity contribution < 1.29 is 9.13 Å². The molecule has 0 bridgehead atoms. The Balaban J connectivity index is 1.96. The summed E-state index contributed by atoms with van der Waals surface area (Å²) in [6.07, 6.45) is 0. The third-order valence-electron chi connectivity index (χ3n) is 3.93. The molecule has 124 valence electrons. The molecule has 0 saturated heterocycles. The maximum Gasteiger partial charge on any atom is 0.146 e. The molecule has 0 aliphatic rings. The van der Waals surface area contributed by atoms with Crippen molar-refractivity contribution in [1.29, 1.82) is 0 Å². The van der Waals surface area contributed by atoms with Crippen LogP contribution in [0.2, 0.25) is 0 Å². The van der Waals surface area contributed by atoms with Gasteiger partial charge in [0.15, 0.2) is 0 Å². The minimum Gasteiger partial charge on any atom is -0.497 e. The molecule has 2 aromatic rings. The Morgan fingerprint density at radius 2 is 1.57 bits per heavy atom. The van der Waals surface area contributed by atoms with Gasteiger partial charge in [-0.3, -0.25) is 0 Å². The molecule has 4 heteroatoms. The number of ether oxygens (including phenoxy) is 1. The molecule has 2 aromatic carbocycles. The number of hydrogen-bond acceptors (Lipinski definition) is 3. The van der Waals surface area contributed by atoms with Crippen LogP contribution in [0.25, 0.3) is 0 Å². The highest BCUT2D eigenvalue weighted by Gasteiger charge is 2.09. The molecular formula is C19H25FN2O. The number of nitrogens with zero attached hydrogens (tertiary/aromatic N) is 1. The van der Waals surface area contributed by atoms with E-state index in [0.717, 1.165) is 30.9 Å². The van der Waals surface area contributed by atoms with Crippen LogP contribution in [0.4, 0.5) is 10.1 Å². The van der Waals surface area contributed by atoms with Gasteiger partial charge in [0.05, 0.1) is 12.8 Å². The fourth-order valence-corrected chi connectivity index (χ4v) is 2.57. The lowest BCUT2D eigenvalue weighted by molar-refractivity contribution is 0.414. The first-order chi connectivity index (χ1) is 11.2. The van der Waals surface area contributed by atoms with Crippen molar-refractivity contribution in [3.63, 3.8) is 0 Å². The minimum atomic E-state index is -0.160. The van der Waals surface area contributed by atoms with Gasteiger partial charge in [-0.2, -0.15) is 0 Å². The van der Waals surface area contributed by atoms with Crippen LogP contribution in [0.3, 0.4) is 0 Å². The summed E-state index contributed by atoms with van der Waals surface area (Å²) in [6, 6.07) is 13.3. The van der Waals surface area contributed by atoms with Crippen molar-refractivity contribution in [1.82, 2.24) is 5.32 Å². The molecule has 0 fully saturated rings. The van der Waals surface area contributed by atoms with E-state index in [-0.39, 0.29) is 5.82 Å². The van der Waals surface area contributed by atoms with Gasteiger partial charge in [0.25, 0.3) is 0 Å². The van der Waals surface area contributed by atoms with E-state index in [1.54, 1.807) is 13.2 Å². The Bertz CT molecular complexity index is 609. The lowest BCUT2D eigenvalue weighted by Gasteiger charge is -2.22. The molecule has 0 amide bonds. The quantitative estimate of drug-likeness (QED) is 0.797. The zero-order chi connectivity index (χ0) is 16.7. The third kappa shape index (κ3) is 4.70. The third-order valence-corrected chi connectivity index (χ3v) is 3.93. The highest BCUT2D eigenvalue weighted by Crippen LogP contribution is 2.21. The van der Waals surface area contributed by atoms with Crippen molar-refractivity contribution in [2.75, 3.05) is 25.1 Å². The number of methoxy groups -OCH3 is 1. The summed E-state index contributed by atoms with van der Waals surface area (Å²) in [5, 5.41) is 3.40. The van der Waals surface area contributed by atoms with Gasteiger partial charge >= 0.3 is 0 Å². The molecule has 0 heterocycles. The summed E-state index contributed by atoms with van der Waals surface area (Å²) >= 11 is 0. The van der Waals surface area contributed by atoms with E-state index in [0.29, 0.717) is 12.2 Å². The summed E-state index contributed by atoms with van der Waals surface area (Å²) in [5.74, 6) is 0.698. The number of nitrogens with one attached hydrogen (secondary N) is 1. The predicted octanol–water partition coefficient (Wildman–Crippen LogP) is 3.97. The molecule has 0 aromatic heterocycles. The molecule has 0 atom stereocenters. The number of halogens is 1. The van der Waals surface area contributed by atoms with E-state index >= 15 is 0 Å². The Kier molecular flexibility index (Phi) is 6.41. The van der Waals surface area contributed by atoms with Crippen LogP contribution in [0.15, 0.2) is 42.5 Å². The topological polar surface area (TPSA) is 24.5 Å². The number of hydrogen-bond donors (Lipinski definition) is 1. The van der Waals surface area contributed by atoms with Crippen molar-refractivity contribution >= 4 is 5.69 Å². The van der Waals surface area contributed by atoms with Gasteiger partial charge in [-0.15, -0.1) is 0 Å². The van der Waals surface area contributed by atoms with Gasteiger partial charge in [0, 0.05) is 26.2 Å². The van der Waals surface area contributed by atoms with Crippen LogP contribution in [-0.4, -0.2) is 20.2 Å². The van der Waals surface area contributed by atoms with Crippen molar-refractivity contribution in [2.24, 2.45) is 0 Å². The van der Waals surface area contributed by atoms with Crippen molar-refractivity contribution in [2.45, 2.75) is 26.9 Å². The molecule has 0 saturated carbocycles. The number of benzene rings is 2. The monoisotopic (exact) mass is 316 g/mol. The number of anilines is 1. The molecule has 0 unspecified atom stereocenters. The summed E-state index contributed by atoms with van der Waals surface area (Å²) in [4.78, 5) is 2.03. The average molecular weight is 316 g/mol. The Hall–Kier alpha value is -2.07. The van der Waals surface area contributed by atoms with Crippen LogP contribution >= 0.6 is 0 Å². The van der Waals surface area contributed by atoms with E-state index < -0.39 is 0 Å². The lowest BCUT2D eigenvalue weighted by Crippen LogP contribution is -2.23. The zero-order valence-corrected chi connectivity index (χ0v) is 14.1. The van der Waals surface area contributed by atoms with Crippen LogP contribution in [-0.2, 0) is 13.1 Å². The fourth-order valence-electron chi connectivity index (χ4n) is 2.57. The van der Waals surface area contributed by atoms with Crippen molar-refractivity contribution in [3.8, 4) is 5.75 Å². The maximum absolute atomic E-state index is 14.0. The first-order valence-corrected chi connectivity index (χ1v) is 8.05. The largest absolute Gasteiger partial charge is 0.497 e. The smallest absolute Gasteiger partial charge is 0.146 e. The zero-order valence-electron chi connectivity index (χ0n) is 14.1. The molecule has 1 N–H and O–H groups in total. The van der Waals surface area contributed by atoms with Gasteiger partial charge in [-0.05, 0) is 49.2 Å². The highest BCUT2D eigenvalue weighted by atomic mass is 19.1. The SMILES string of the molecule is CCN(CC)c1cc(CNCc2ccc(OC)cc2)ccc1F. The molecule has 0 aliphatic carbocycles. The predicted molar refractivity (Wildman–Crippen MR) is 93.5 cm³/mol. The molecule has 0 radical (unpaired) electrons. The second-order valence-electron chi connectivity index (χ2n) is 5.41. The molecule has 23 heavy (non-hydrogen) atoms. The second-order valence-corrected chi connectivity index (χ2v) is 5.41. The van der Waals surface area contributed by atoms with E-state index in [4.69, 9.17) is 4.74 Å². The van der Waals surface area contributed by atoms with E-state index in [2.05, 4.69) is 5.32 Å². The second kappa shape index (κ2) is 8.53. The van der Waals surface area contributed by atoms with Crippen LogP contribution in [0.5, 0.6) is 5.75 Å². The Labute approximate surface area is 138 Å². The van der Waals surface area contributed by atoms with Gasteiger partial charge < -0.3 is 15.0 Å². The maximum atomic E-state index is 14.0. The first kappa shape index (κ1) is 17.3. The number of rotatable bonds is 8. The van der Waals surface area contributed by atoms with Gasteiger partial charge in [-0.1, -0.05) is 18.2 Å². The summed E-state index contributed by atoms with van der Waals surface area (Å²) < 4.78 is 19.1. The standard InChI is InChI=1S/C19H25FN2O/c1-4-22(5-2)19-12-16(8-11-18(19)20)14-21-13-15-6-9-17(23-3)10-7-15/h6-12,21H,4-5,13-14H2,1-3H3. The van der Waals surface area contributed by atoms with Crippen LogP contribution in [0, 0.1) is 5.82 Å². The summed E-state index contributed by atoms with van der Waals surface area (Å²) in [7, 11) is 1.66. The molecule has 0 spiro atoms. The first-order valence-electron chi connectivity index (χ1n) is 8.05. The van der Waals surface area contributed by atoms with E-state index in [9.17, 15) is 4.39 Å². The lowest BCUT2D eigenvalue weighted by atomic mass is 10.1. The molecular weight excluding hydrogens is 291 g/mol. The molecule has 2 rings (SSSR count). The van der Waals surface area contributed by atoms with E-state index in [1.165, 1.54) is 5.56 Å². The summed E-state index contributed by atoms with van der Waals surface area (Å²) in [6.45, 7) is 7.16. The fraction of sp³-hybridized carbons (Fsp3) is 0.368. The molecule has 0 aliphatic heterocycles. The minimum absolute atomic E-state index is 0.160. The molecule has 3 nitrogen and oxygen atoms in total. The van der Waals surface area contributed by atoms with Gasteiger partial charge in [0.2, 0.25) is 0 Å². The van der Waals surface area contributed by atoms with E-state index in [1.807, 2.05) is 55.1 Å². The normalized spacial score (nSPS) is 10.6. The Morgan fingerprint density at radius 3 is 2.17 bits per heavy atom. The summed E-state index contributed by atoms with van der Waals surface area (Å²) in [5.41, 5.74) is 2.96.